The minimum Gasteiger partial charge on any atom is -0.369 e. The Morgan fingerprint density at radius 2 is 1.88 bits per heavy atom. The fourth-order valence-corrected chi connectivity index (χ4v) is 7.79. The van der Waals surface area contributed by atoms with Crippen LogP contribution in [-0.2, 0) is 4.74 Å². The van der Waals surface area contributed by atoms with Gasteiger partial charge >= 0.3 is 0 Å². The second-order valence-corrected chi connectivity index (χ2v) is 8.09. The molecule has 0 amide bonds. The molecule has 0 N–H and O–H groups in total. The maximum atomic E-state index is 6.07. The van der Waals surface area contributed by atoms with Crippen molar-refractivity contribution in [3.05, 3.63) is 0 Å². The van der Waals surface area contributed by atoms with Gasteiger partial charge in [0.05, 0.1) is 12.2 Å². The van der Waals surface area contributed by atoms with Crippen LogP contribution in [-0.4, -0.2) is 12.2 Å². The van der Waals surface area contributed by atoms with Gasteiger partial charge in [-0.15, -0.1) is 0 Å². The average Bonchev–Trinajstić information content (AvgIpc) is 3.01. The second kappa shape index (κ2) is 1.92. The third kappa shape index (κ3) is 0.508. The lowest BCUT2D eigenvalue weighted by atomic mass is 9.62. The van der Waals surface area contributed by atoms with Gasteiger partial charge in [0.2, 0.25) is 0 Å². The van der Waals surface area contributed by atoms with Crippen LogP contribution in [0.4, 0.5) is 0 Å². The van der Waals surface area contributed by atoms with Crippen LogP contribution >= 0.6 is 0 Å². The Balaban J connectivity index is 1.81. The van der Waals surface area contributed by atoms with Gasteiger partial charge in [0.15, 0.2) is 0 Å². The van der Waals surface area contributed by atoms with Crippen molar-refractivity contribution in [2.45, 2.75) is 52.7 Å². The number of fused-ring (bicyclic) bond motifs is 3. The monoisotopic (exact) mass is 218 g/mol. The lowest BCUT2D eigenvalue weighted by Crippen LogP contribution is -2.41. The molecule has 0 bridgehead atoms. The molecule has 1 aliphatic heterocycles. The molecule has 16 heavy (non-hydrogen) atoms. The standard InChI is InChI=1S/C15H22O/c1-7-5-6-8-13(2,3)11-9-10-12(16-10)15(7,8)14(9,11)4/h7-12H,5-6H2,1-4H3/t7-,8+,9?,10-,11?,12-,14+,15?/m1/s1. The summed E-state index contributed by atoms with van der Waals surface area (Å²) in [4.78, 5) is 0. The van der Waals surface area contributed by atoms with E-state index in [0.29, 0.717) is 28.5 Å². The largest absolute Gasteiger partial charge is 0.369 e. The van der Waals surface area contributed by atoms with Crippen molar-refractivity contribution >= 4 is 0 Å². The molecule has 1 heteroatoms. The number of rotatable bonds is 0. The smallest absolute Gasteiger partial charge is 0.0911 e. The van der Waals surface area contributed by atoms with Crippen LogP contribution in [0.1, 0.15) is 40.5 Å². The molecule has 1 heterocycles. The zero-order valence-electron chi connectivity index (χ0n) is 10.8. The van der Waals surface area contributed by atoms with Gasteiger partial charge in [-0.25, -0.2) is 0 Å². The van der Waals surface area contributed by atoms with E-state index in [1.807, 2.05) is 0 Å². The summed E-state index contributed by atoms with van der Waals surface area (Å²) in [5.41, 5.74) is 1.86. The first kappa shape index (κ1) is 8.97. The number of hydrogen-bond donors (Lipinski definition) is 0. The van der Waals surface area contributed by atoms with Crippen LogP contribution in [0.5, 0.6) is 0 Å². The topological polar surface area (TPSA) is 12.5 Å². The molecular weight excluding hydrogens is 196 g/mol. The van der Waals surface area contributed by atoms with Crippen molar-refractivity contribution in [2.75, 3.05) is 0 Å². The highest BCUT2D eigenvalue weighted by Crippen LogP contribution is 2.96. The van der Waals surface area contributed by atoms with E-state index in [0.717, 1.165) is 23.7 Å². The van der Waals surface area contributed by atoms with Gasteiger partial charge in [-0.1, -0.05) is 27.7 Å². The fraction of sp³-hybridized carbons (Fsp3) is 1.00. The van der Waals surface area contributed by atoms with E-state index in [2.05, 4.69) is 27.7 Å². The summed E-state index contributed by atoms with van der Waals surface area (Å²) in [6.07, 6.45) is 4.28. The Morgan fingerprint density at radius 3 is 2.62 bits per heavy atom. The van der Waals surface area contributed by atoms with Crippen LogP contribution < -0.4 is 0 Å². The summed E-state index contributed by atoms with van der Waals surface area (Å²) in [5, 5.41) is 0. The third-order valence-electron chi connectivity index (χ3n) is 7.85. The lowest BCUT2D eigenvalue weighted by Gasteiger charge is -2.42. The molecule has 3 unspecified atom stereocenters. The first-order valence-corrected chi connectivity index (χ1v) is 7.14. The van der Waals surface area contributed by atoms with Crippen LogP contribution in [0.2, 0.25) is 0 Å². The highest BCUT2D eigenvalue weighted by atomic mass is 16.6. The molecule has 1 spiro atoms. The van der Waals surface area contributed by atoms with Gasteiger partial charge in [0.1, 0.15) is 0 Å². The Bertz CT molecular complexity index is 410. The van der Waals surface area contributed by atoms with E-state index >= 15 is 0 Å². The molecule has 5 rings (SSSR count). The predicted molar refractivity (Wildman–Crippen MR) is 61.9 cm³/mol. The summed E-state index contributed by atoms with van der Waals surface area (Å²) in [7, 11) is 0. The Hall–Kier alpha value is -0.0400. The molecule has 5 fully saturated rings. The van der Waals surface area contributed by atoms with Crippen LogP contribution in [0.3, 0.4) is 0 Å². The van der Waals surface area contributed by atoms with Crippen molar-refractivity contribution < 1.29 is 4.74 Å². The lowest BCUT2D eigenvalue weighted by molar-refractivity contribution is 0.000307. The fourth-order valence-electron chi connectivity index (χ4n) is 7.79. The first-order chi connectivity index (χ1) is 7.48. The van der Waals surface area contributed by atoms with Gasteiger partial charge in [0, 0.05) is 5.41 Å². The predicted octanol–water partition coefficient (Wildman–Crippen LogP) is 3.09. The Kier molecular flexibility index (Phi) is 1.08. The third-order valence-corrected chi connectivity index (χ3v) is 7.85. The van der Waals surface area contributed by atoms with E-state index in [1.54, 1.807) is 0 Å². The zero-order valence-corrected chi connectivity index (χ0v) is 10.8. The molecule has 5 aliphatic rings. The van der Waals surface area contributed by atoms with Gasteiger partial charge < -0.3 is 4.74 Å². The molecule has 0 aromatic carbocycles. The van der Waals surface area contributed by atoms with Crippen LogP contribution in [0.25, 0.3) is 0 Å². The molecule has 0 aromatic heterocycles. The summed E-state index contributed by atoms with van der Waals surface area (Å²) in [5.74, 6) is 3.79. The first-order valence-electron chi connectivity index (χ1n) is 7.14. The molecule has 4 saturated carbocycles. The van der Waals surface area contributed by atoms with E-state index < -0.39 is 0 Å². The Labute approximate surface area is 97.9 Å². The molecule has 0 aromatic rings. The maximum Gasteiger partial charge on any atom is 0.0911 e. The average molecular weight is 218 g/mol. The van der Waals surface area contributed by atoms with Crippen molar-refractivity contribution in [3.8, 4) is 0 Å². The summed E-state index contributed by atoms with van der Waals surface area (Å²) < 4.78 is 6.07. The van der Waals surface area contributed by atoms with E-state index in [4.69, 9.17) is 4.74 Å². The second-order valence-electron chi connectivity index (χ2n) is 8.09. The number of epoxide rings is 1. The number of ether oxygens (including phenoxy) is 1. The highest BCUT2D eigenvalue weighted by molar-refractivity contribution is 5.43. The Morgan fingerprint density at radius 1 is 1.12 bits per heavy atom. The van der Waals surface area contributed by atoms with Crippen molar-refractivity contribution in [3.63, 3.8) is 0 Å². The molecule has 8 atom stereocenters. The van der Waals surface area contributed by atoms with Gasteiger partial charge in [-0.3, -0.25) is 0 Å². The molecule has 1 saturated heterocycles. The SMILES string of the molecule is C[C@@H]1CC[C@H]2C(C)(C)C3C4[C@H]5O[C@H]5C12[C@@]43C. The summed E-state index contributed by atoms with van der Waals surface area (Å²) in [6, 6.07) is 0. The molecule has 1 nitrogen and oxygen atoms in total. The van der Waals surface area contributed by atoms with Gasteiger partial charge in [0.25, 0.3) is 0 Å². The van der Waals surface area contributed by atoms with E-state index in [1.165, 1.54) is 12.8 Å². The summed E-state index contributed by atoms with van der Waals surface area (Å²) >= 11 is 0. The van der Waals surface area contributed by atoms with Crippen molar-refractivity contribution in [1.82, 2.24) is 0 Å². The minimum atomic E-state index is 0.594. The maximum absolute atomic E-state index is 6.07. The van der Waals surface area contributed by atoms with Gasteiger partial charge in [-0.05, 0) is 47.3 Å². The zero-order chi connectivity index (χ0) is 11.1. The molecule has 4 aliphatic carbocycles. The molecular formula is C15H22O. The van der Waals surface area contributed by atoms with E-state index in [-0.39, 0.29) is 0 Å². The van der Waals surface area contributed by atoms with Crippen molar-refractivity contribution in [2.24, 2.45) is 39.9 Å². The van der Waals surface area contributed by atoms with Crippen LogP contribution in [0.15, 0.2) is 0 Å². The molecule has 0 radical (unpaired) electrons. The normalized spacial score (nSPS) is 75.8. The quantitative estimate of drug-likeness (QED) is 0.569. The minimum absolute atomic E-state index is 0.594. The highest BCUT2D eigenvalue weighted by Gasteiger charge is 2.97. The summed E-state index contributed by atoms with van der Waals surface area (Å²) in [6.45, 7) is 10.3. The van der Waals surface area contributed by atoms with Crippen molar-refractivity contribution in [1.29, 1.82) is 0 Å². The van der Waals surface area contributed by atoms with E-state index in [9.17, 15) is 0 Å². The van der Waals surface area contributed by atoms with Crippen LogP contribution in [0, 0.1) is 39.9 Å². The van der Waals surface area contributed by atoms with Gasteiger partial charge in [-0.2, -0.15) is 0 Å². The molecule has 88 valence electrons. The number of hydrogen-bond acceptors (Lipinski definition) is 1.